The van der Waals surface area contributed by atoms with Crippen molar-refractivity contribution in [2.24, 2.45) is 5.10 Å². The van der Waals surface area contributed by atoms with Crippen LogP contribution in [-0.4, -0.2) is 23.8 Å². The van der Waals surface area contributed by atoms with Gasteiger partial charge in [-0.3, -0.25) is 4.79 Å². The molecule has 0 aromatic heterocycles. The molecule has 0 bridgehead atoms. The Bertz CT molecular complexity index is 957. The lowest BCUT2D eigenvalue weighted by molar-refractivity contribution is -0.123. The molecular formula is C20H17BrN2O3. The number of fused-ring (bicyclic) bond motifs is 1. The number of ether oxygens (including phenoxy) is 1. The van der Waals surface area contributed by atoms with E-state index in [1.807, 2.05) is 60.7 Å². The van der Waals surface area contributed by atoms with Crippen molar-refractivity contribution in [1.82, 2.24) is 5.43 Å². The smallest absolute Gasteiger partial charge is 0.265 e. The molecule has 5 nitrogen and oxygen atoms in total. The number of carbonyl (C=O) groups excluding carboxylic acids is 1. The van der Waals surface area contributed by atoms with Gasteiger partial charge in [0, 0.05) is 10.0 Å². The van der Waals surface area contributed by atoms with Crippen LogP contribution in [-0.2, 0) is 11.4 Å². The molecule has 0 unspecified atom stereocenters. The maximum Gasteiger partial charge on any atom is 0.265 e. The van der Waals surface area contributed by atoms with Gasteiger partial charge in [-0.2, -0.15) is 5.10 Å². The molecular weight excluding hydrogens is 396 g/mol. The molecule has 3 rings (SSSR count). The minimum absolute atomic E-state index is 0.404. The number of amides is 1. The molecule has 0 fully saturated rings. The Morgan fingerprint density at radius 2 is 2.00 bits per heavy atom. The SMILES string of the molecule is O=C(CO)NN=Cc1c(OCc2cccc(Br)c2)ccc2ccccc12. The van der Waals surface area contributed by atoms with Crippen molar-refractivity contribution in [3.05, 3.63) is 76.3 Å². The quantitative estimate of drug-likeness (QED) is 0.479. The van der Waals surface area contributed by atoms with E-state index in [4.69, 9.17) is 9.84 Å². The molecule has 0 saturated carbocycles. The van der Waals surface area contributed by atoms with Gasteiger partial charge in [0.25, 0.3) is 5.91 Å². The predicted molar refractivity (Wildman–Crippen MR) is 105 cm³/mol. The lowest BCUT2D eigenvalue weighted by atomic mass is 10.0. The van der Waals surface area contributed by atoms with Crippen molar-refractivity contribution < 1.29 is 14.6 Å². The number of aliphatic hydroxyl groups excluding tert-OH is 1. The highest BCUT2D eigenvalue weighted by atomic mass is 79.9. The van der Waals surface area contributed by atoms with Gasteiger partial charge in [0.2, 0.25) is 0 Å². The van der Waals surface area contributed by atoms with E-state index in [9.17, 15) is 4.79 Å². The molecule has 132 valence electrons. The van der Waals surface area contributed by atoms with Crippen molar-refractivity contribution in [2.45, 2.75) is 6.61 Å². The normalized spacial score (nSPS) is 11.0. The van der Waals surface area contributed by atoms with Crippen LogP contribution in [0.2, 0.25) is 0 Å². The van der Waals surface area contributed by atoms with Crippen LogP contribution < -0.4 is 10.2 Å². The Morgan fingerprint density at radius 1 is 1.15 bits per heavy atom. The van der Waals surface area contributed by atoms with Gasteiger partial charge < -0.3 is 9.84 Å². The average molecular weight is 413 g/mol. The monoisotopic (exact) mass is 412 g/mol. The fourth-order valence-corrected chi connectivity index (χ4v) is 2.97. The van der Waals surface area contributed by atoms with Gasteiger partial charge in [-0.1, -0.05) is 58.4 Å². The highest BCUT2D eigenvalue weighted by Gasteiger charge is 2.08. The molecule has 6 heteroatoms. The number of hydrazone groups is 1. The molecule has 0 aliphatic rings. The van der Waals surface area contributed by atoms with E-state index >= 15 is 0 Å². The third-order valence-corrected chi connectivity index (χ3v) is 4.23. The number of carbonyl (C=O) groups is 1. The van der Waals surface area contributed by atoms with Crippen molar-refractivity contribution in [2.75, 3.05) is 6.61 Å². The second-order valence-corrected chi connectivity index (χ2v) is 6.48. The predicted octanol–water partition coefficient (Wildman–Crippen LogP) is 3.62. The van der Waals surface area contributed by atoms with Crippen LogP contribution in [0.25, 0.3) is 10.8 Å². The van der Waals surface area contributed by atoms with Crippen LogP contribution in [0.15, 0.2) is 70.2 Å². The molecule has 0 radical (unpaired) electrons. The van der Waals surface area contributed by atoms with E-state index in [0.29, 0.717) is 12.4 Å². The number of nitrogens with one attached hydrogen (secondary N) is 1. The Labute approximate surface area is 159 Å². The summed E-state index contributed by atoms with van der Waals surface area (Å²) in [5.74, 6) is 0.0868. The molecule has 0 heterocycles. The molecule has 26 heavy (non-hydrogen) atoms. The number of rotatable bonds is 6. The largest absolute Gasteiger partial charge is 0.488 e. The third-order valence-electron chi connectivity index (χ3n) is 3.74. The maximum atomic E-state index is 11.2. The minimum atomic E-state index is -0.612. The molecule has 0 aliphatic carbocycles. The summed E-state index contributed by atoms with van der Waals surface area (Å²) in [5.41, 5.74) is 4.06. The number of hydrogen-bond donors (Lipinski definition) is 2. The van der Waals surface area contributed by atoms with Crippen molar-refractivity contribution in [1.29, 1.82) is 0 Å². The first-order valence-corrected chi connectivity index (χ1v) is 8.78. The second kappa shape index (κ2) is 8.60. The third kappa shape index (κ3) is 4.47. The summed E-state index contributed by atoms with van der Waals surface area (Å²) in [6, 6.07) is 19.6. The number of aliphatic hydroxyl groups is 1. The Balaban J connectivity index is 1.90. The summed E-state index contributed by atoms with van der Waals surface area (Å²) < 4.78 is 6.99. The van der Waals surface area contributed by atoms with Gasteiger partial charge in [-0.05, 0) is 34.5 Å². The van der Waals surface area contributed by atoms with E-state index in [0.717, 1.165) is 26.4 Å². The zero-order valence-corrected chi connectivity index (χ0v) is 15.4. The Kier molecular flexibility index (Phi) is 5.99. The van der Waals surface area contributed by atoms with E-state index in [2.05, 4.69) is 26.5 Å². The van der Waals surface area contributed by atoms with Crippen molar-refractivity contribution in [3.8, 4) is 5.75 Å². The standard InChI is InChI=1S/C20H17BrN2O3/c21-16-6-3-4-14(10-16)13-26-19-9-8-15-5-1-2-7-17(15)18(19)11-22-23-20(25)12-24/h1-11,24H,12-13H2,(H,23,25). The Morgan fingerprint density at radius 3 is 2.81 bits per heavy atom. The van der Waals surface area contributed by atoms with Crippen LogP contribution in [0.5, 0.6) is 5.75 Å². The van der Waals surface area contributed by atoms with Crippen LogP contribution in [0.1, 0.15) is 11.1 Å². The molecule has 0 atom stereocenters. The summed E-state index contributed by atoms with van der Waals surface area (Å²) in [4.78, 5) is 11.2. The highest BCUT2D eigenvalue weighted by Crippen LogP contribution is 2.27. The van der Waals surface area contributed by atoms with Gasteiger partial charge in [0.15, 0.2) is 0 Å². The van der Waals surface area contributed by atoms with E-state index in [1.54, 1.807) is 0 Å². The topological polar surface area (TPSA) is 70.9 Å². The van der Waals surface area contributed by atoms with Crippen LogP contribution >= 0.6 is 15.9 Å². The number of halogens is 1. The number of nitrogens with zero attached hydrogens (tertiary/aromatic N) is 1. The first-order valence-electron chi connectivity index (χ1n) is 7.99. The van der Waals surface area contributed by atoms with Crippen LogP contribution in [0.4, 0.5) is 0 Å². The summed E-state index contributed by atoms with van der Waals surface area (Å²) in [6.07, 6.45) is 1.53. The zero-order valence-electron chi connectivity index (χ0n) is 13.9. The van der Waals surface area contributed by atoms with Gasteiger partial charge in [0.1, 0.15) is 19.0 Å². The highest BCUT2D eigenvalue weighted by molar-refractivity contribution is 9.10. The molecule has 0 spiro atoms. The van der Waals surface area contributed by atoms with Crippen LogP contribution in [0, 0.1) is 0 Å². The summed E-state index contributed by atoms with van der Waals surface area (Å²) in [7, 11) is 0. The van der Waals surface area contributed by atoms with Crippen molar-refractivity contribution >= 4 is 38.8 Å². The molecule has 0 aliphatic heterocycles. The molecule has 3 aromatic carbocycles. The van der Waals surface area contributed by atoms with Crippen molar-refractivity contribution in [3.63, 3.8) is 0 Å². The van der Waals surface area contributed by atoms with E-state index in [1.165, 1.54) is 6.21 Å². The van der Waals surface area contributed by atoms with Gasteiger partial charge in [-0.15, -0.1) is 0 Å². The van der Waals surface area contributed by atoms with E-state index in [-0.39, 0.29) is 0 Å². The first-order chi connectivity index (χ1) is 12.7. The lowest BCUT2D eigenvalue weighted by Crippen LogP contribution is -2.20. The molecule has 0 saturated heterocycles. The Hall–Kier alpha value is -2.70. The first kappa shape index (κ1) is 18.1. The lowest BCUT2D eigenvalue weighted by Gasteiger charge is -2.12. The summed E-state index contributed by atoms with van der Waals surface area (Å²) in [6.45, 7) is -0.208. The fraction of sp³-hybridized carbons (Fsp3) is 0.100. The zero-order chi connectivity index (χ0) is 18.4. The molecule has 3 aromatic rings. The summed E-state index contributed by atoms with van der Waals surface area (Å²) >= 11 is 3.45. The maximum absolute atomic E-state index is 11.2. The number of benzene rings is 3. The number of hydrogen-bond acceptors (Lipinski definition) is 4. The van der Waals surface area contributed by atoms with Gasteiger partial charge in [-0.25, -0.2) is 5.43 Å². The van der Waals surface area contributed by atoms with Gasteiger partial charge >= 0.3 is 0 Å². The van der Waals surface area contributed by atoms with Gasteiger partial charge in [0.05, 0.1) is 6.21 Å². The van der Waals surface area contributed by atoms with E-state index < -0.39 is 12.5 Å². The fourth-order valence-electron chi connectivity index (χ4n) is 2.53. The average Bonchev–Trinajstić information content (AvgIpc) is 2.67. The van der Waals surface area contributed by atoms with Crippen LogP contribution in [0.3, 0.4) is 0 Å². The second-order valence-electron chi connectivity index (χ2n) is 5.57. The molecule has 1 amide bonds. The minimum Gasteiger partial charge on any atom is -0.488 e. The molecule has 2 N–H and O–H groups in total. The summed E-state index contributed by atoms with van der Waals surface area (Å²) in [5, 5.41) is 14.7.